The number of carbonyl (C=O) groups excluding carboxylic acids is 1. The van der Waals surface area contributed by atoms with Crippen LogP contribution in [0.2, 0.25) is 0 Å². The van der Waals surface area contributed by atoms with Crippen LogP contribution in [0.1, 0.15) is 63.0 Å². The molecule has 2 N–H and O–H groups in total. The predicted octanol–water partition coefficient (Wildman–Crippen LogP) is 2.74. The van der Waals surface area contributed by atoms with Gasteiger partial charge in [-0.15, -0.1) is 0 Å². The fourth-order valence-corrected chi connectivity index (χ4v) is 2.98. The van der Waals surface area contributed by atoms with Crippen LogP contribution in [0.4, 0.5) is 0 Å². The van der Waals surface area contributed by atoms with E-state index in [9.17, 15) is 9.90 Å². The Morgan fingerprint density at radius 1 is 1.50 bits per heavy atom. The maximum Gasteiger partial charge on any atom is 0.268 e. The van der Waals surface area contributed by atoms with Gasteiger partial charge in [0.1, 0.15) is 5.69 Å². The van der Waals surface area contributed by atoms with Crippen molar-refractivity contribution in [1.82, 2.24) is 9.88 Å². The zero-order chi connectivity index (χ0) is 14.8. The van der Waals surface area contributed by atoms with Gasteiger partial charge in [-0.2, -0.15) is 0 Å². The normalized spacial score (nSPS) is 26.8. The lowest BCUT2D eigenvalue weighted by Crippen LogP contribution is -2.53. The molecule has 1 fully saturated rings. The number of nitrogens with zero attached hydrogens (tertiary/aromatic N) is 1. The number of aliphatic hydroxyl groups is 1. The first kappa shape index (κ1) is 15.1. The van der Waals surface area contributed by atoms with Crippen molar-refractivity contribution in [2.24, 2.45) is 5.92 Å². The second-order valence-electron chi connectivity index (χ2n) is 6.47. The number of aliphatic hydroxyl groups excluding tert-OH is 1. The molecule has 0 spiro atoms. The summed E-state index contributed by atoms with van der Waals surface area (Å²) < 4.78 is 1.96. The molecule has 112 valence electrons. The van der Waals surface area contributed by atoms with Gasteiger partial charge < -0.3 is 15.0 Å². The largest absolute Gasteiger partial charge is 0.394 e. The van der Waals surface area contributed by atoms with Crippen molar-refractivity contribution in [2.75, 3.05) is 6.61 Å². The number of amides is 1. The Balaban J connectivity index is 2.11. The van der Waals surface area contributed by atoms with Crippen molar-refractivity contribution in [2.45, 2.75) is 58.0 Å². The Hall–Kier alpha value is -1.29. The molecule has 4 nitrogen and oxygen atoms in total. The van der Waals surface area contributed by atoms with Crippen LogP contribution < -0.4 is 5.32 Å². The number of hydrogen-bond acceptors (Lipinski definition) is 2. The Morgan fingerprint density at radius 2 is 2.15 bits per heavy atom. The molecule has 4 heteroatoms. The highest BCUT2D eigenvalue weighted by Crippen LogP contribution is 2.32. The van der Waals surface area contributed by atoms with Crippen molar-refractivity contribution >= 4 is 5.91 Å². The summed E-state index contributed by atoms with van der Waals surface area (Å²) in [6, 6.07) is 3.98. The lowest BCUT2D eigenvalue weighted by atomic mass is 9.77. The van der Waals surface area contributed by atoms with Gasteiger partial charge in [0.05, 0.1) is 12.1 Å². The van der Waals surface area contributed by atoms with Crippen molar-refractivity contribution < 1.29 is 9.90 Å². The van der Waals surface area contributed by atoms with Gasteiger partial charge in [0.2, 0.25) is 0 Å². The van der Waals surface area contributed by atoms with E-state index in [-0.39, 0.29) is 18.6 Å². The topological polar surface area (TPSA) is 54.3 Å². The van der Waals surface area contributed by atoms with Gasteiger partial charge in [-0.1, -0.05) is 6.92 Å². The van der Waals surface area contributed by atoms with Gasteiger partial charge in [0.25, 0.3) is 5.91 Å². The molecule has 1 saturated carbocycles. The average molecular weight is 278 g/mol. The van der Waals surface area contributed by atoms with Gasteiger partial charge in [0.15, 0.2) is 0 Å². The summed E-state index contributed by atoms with van der Waals surface area (Å²) in [7, 11) is 0. The van der Waals surface area contributed by atoms with Crippen LogP contribution in [0, 0.1) is 5.92 Å². The van der Waals surface area contributed by atoms with E-state index in [0.29, 0.717) is 11.6 Å². The molecule has 0 unspecified atom stereocenters. The third-order valence-electron chi connectivity index (χ3n) is 4.48. The van der Waals surface area contributed by atoms with Crippen LogP contribution >= 0.6 is 0 Å². The highest BCUT2D eigenvalue weighted by atomic mass is 16.3. The molecular formula is C16H26N2O2. The highest BCUT2D eigenvalue weighted by Gasteiger charge is 2.35. The van der Waals surface area contributed by atoms with Gasteiger partial charge in [-0.05, 0) is 57.6 Å². The molecule has 1 aliphatic rings. The van der Waals surface area contributed by atoms with E-state index in [0.717, 1.165) is 25.7 Å². The zero-order valence-electron chi connectivity index (χ0n) is 12.7. The number of rotatable bonds is 4. The van der Waals surface area contributed by atoms with E-state index >= 15 is 0 Å². The van der Waals surface area contributed by atoms with Crippen molar-refractivity contribution in [1.29, 1.82) is 0 Å². The Kier molecular flexibility index (Phi) is 4.53. The quantitative estimate of drug-likeness (QED) is 0.889. The number of hydrogen-bond donors (Lipinski definition) is 2. The first-order valence-corrected chi connectivity index (χ1v) is 7.57. The second kappa shape index (κ2) is 6.00. The van der Waals surface area contributed by atoms with Crippen molar-refractivity contribution in [3.05, 3.63) is 24.0 Å². The maximum atomic E-state index is 12.5. The molecule has 0 bridgehead atoms. The first-order valence-electron chi connectivity index (χ1n) is 7.57. The van der Waals surface area contributed by atoms with Crippen LogP contribution in [0.5, 0.6) is 0 Å². The smallest absolute Gasteiger partial charge is 0.268 e. The van der Waals surface area contributed by atoms with Gasteiger partial charge >= 0.3 is 0 Å². The lowest BCUT2D eigenvalue weighted by Gasteiger charge is -2.38. The number of nitrogens with one attached hydrogen (secondary N) is 1. The van der Waals surface area contributed by atoms with E-state index < -0.39 is 5.54 Å². The van der Waals surface area contributed by atoms with E-state index in [2.05, 4.69) is 26.1 Å². The molecule has 0 saturated heterocycles. The Bertz CT molecular complexity index is 457. The molecule has 20 heavy (non-hydrogen) atoms. The summed E-state index contributed by atoms with van der Waals surface area (Å²) in [5.41, 5.74) is 0.238. The summed E-state index contributed by atoms with van der Waals surface area (Å²) in [6.45, 7) is 6.36. The summed E-state index contributed by atoms with van der Waals surface area (Å²) in [5, 5.41) is 12.8. The Labute approximate surface area is 121 Å². The first-order chi connectivity index (χ1) is 9.47. The van der Waals surface area contributed by atoms with Crippen LogP contribution in [0.3, 0.4) is 0 Å². The molecule has 0 aromatic carbocycles. The lowest BCUT2D eigenvalue weighted by molar-refractivity contribution is 0.0708. The van der Waals surface area contributed by atoms with Gasteiger partial charge in [0, 0.05) is 12.2 Å². The van der Waals surface area contributed by atoms with Crippen LogP contribution in [0.25, 0.3) is 0 Å². The van der Waals surface area contributed by atoms with Crippen molar-refractivity contribution in [3.8, 4) is 0 Å². The average Bonchev–Trinajstić information content (AvgIpc) is 2.91. The summed E-state index contributed by atoms with van der Waals surface area (Å²) >= 11 is 0. The summed E-state index contributed by atoms with van der Waals surface area (Å²) in [5.74, 6) is 0.610. The third-order valence-corrected chi connectivity index (χ3v) is 4.48. The van der Waals surface area contributed by atoms with Crippen molar-refractivity contribution in [3.63, 3.8) is 0 Å². The fourth-order valence-electron chi connectivity index (χ4n) is 2.98. The molecule has 0 atom stereocenters. The molecule has 1 aliphatic carbocycles. The zero-order valence-corrected chi connectivity index (χ0v) is 12.7. The van der Waals surface area contributed by atoms with Gasteiger partial charge in [-0.25, -0.2) is 0 Å². The minimum atomic E-state index is -0.435. The Morgan fingerprint density at radius 3 is 2.70 bits per heavy atom. The monoisotopic (exact) mass is 278 g/mol. The summed E-state index contributed by atoms with van der Waals surface area (Å²) in [6.07, 6.45) is 5.77. The number of aromatic nitrogens is 1. The SMILES string of the molecule is CC1CCC(CO)(NC(=O)c2cccn2C(C)C)CC1. The molecule has 2 rings (SSSR count). The molecule has 1 aromatic rings. The predicted molar refractivity (Wildman–Crippen MR) is 79.7 cm³/mol. The fraction of sp³-hybridized carbons (Fsp3) is 0.688. The minimum absolute atomic E-state index is 0.0217. The van der Waals surface area contributed by atoms with Crippen LogP contribution in [0.15, 0.2) is 18.3 Å². The molecule has 1 aromatic heterocycles. The molecule has 1 heterocycles. The van der Waals surface area contributed by atoms with E-state index in [4.69, 9.17) is 0 Å². The van der Waals surface area contributed by atoms with Gasteiger partial charge in [-0.3, -0.25) is 4.79 Å². The molecular weight excluding hydrogens is 252 g/mol. The minimum Gasteiger partial charge on any atom is -0.394 e. The number of carbonyl (C=O) groups is 1. The maximum absolute atomic E-state index is 12.5. The highest BCUT2D eigenvalue weighted by molar-refractivity contribution is 5.93. The van der Waals surface area contributed by atoms with E-state index in [1.54, 1.807) is 0 Å². The van der Waals surface area contributed by atoms with Crippen LogP contribution in [-0.4, -0.2) is 27.7 Å². The summed E-state index contributed by atoms with van der Waals surface area (Å²) in [4.78, 5) is 12.5. The molecule has 1 amide bonds. The van der Waals surface area contributed by atoms with E-state index in [1.807, 2.05) is 22.9 Å². The molecule has 0 radical (unpaired) electrons. The van der Waals surface area contributed by atoms with E-state index in [1.165, 1.54) is 0 Å². The van der Waals surface area contributed by atoms with Crippen LogP contribution in [-0.2, 0) is 0 Å². The second-order valence-corrected chi connectivity index (χ2v) is 6.47. The molecule has 0 aliphatic heterocycles. The third kappa shape index (κ3) is 3.06. The standard InChI is InChI=1S/C16H26N2O2/c1-12(2)18-10-4-5-14(18)15(20)17-16(11-19)8-6-13(3)7-9-16/h4-5,10,12-13,19H,6-9,11H2,1-3H3,(H,17,20).